The molecule has 1 rings (SSSR count). The van der Waals surface area contributed by atoms with Crippen molar-refractivity contribution in [3.8, 4) is 0 Å². The van der Waals surface area contributed by atoms with E-state index >= 15 is 0 Å². The van der Waals surface area contributed by atoms with Crippen LogP contribution < -0.4 is 5.32 Å². The Morgan fingerprint density at radius 2 is 2.05 bits per heavy atom. The molecule has 0 saturated heterocycles. The molecule has 0 radical (unpaired) electrons. The first-order valence-electron chi connectivity index (χ1n) is 6.63. The largest absolute Gasteiger partial charge is 0.465 e. The number of hydrogen-bond acceptors (Lipinski definition) is 5. The van der Waals surface area contributed by atoms with E-state index in [1.54, 1.807) is 24.0 Å². The third-order valence-electron chi connectivity index (χ3n) is 2.99. The van der Waals surface area contributed by atoms with Crippen LogP contribution in [0.25, 0.3) is 0 Å². The summed E-state index contributed by atoms with van der Waals surface area (Å²) < 4.78 is 4.65. The minimum absolute atomic E-state index is 0.000251. The molecule has 6 heteroatoms. The predicted octanol–water partition coefficient (Wildman–Crippen LogP) is 1.54. The van der Waals surface area contributed by atoms with E-state index in [9.17, 15) is 9.59 Å². The summed E-state index contributed by atoms with van der Waals surface area (Å²) in [5.74, 6) is 0.0411. The van der Waals surface area contributed by atoms with Gasteiger partial charge in [0.1, 0.15) is 11.9 Å². The lowest BCUT2D eigenvalue weighted by molar-refractivity contribution is -0.131. The van der Waals surface area contributed by atoms with E-state index in [1.807, 2.05) is 13.8 Å². The quantitative estimate of drug-likeness (QED) is 0.800. The van der Waals surface area contributed by atoms with E-state index in [-0.39, 0.29) is 5.91 Å². The summed E-state index contributed by atoms with van der Waals surface area (Å²) in [6, 6.07) is 2.72. The maximum Gasteiger partial charge on any atom is 0.338 e. The van der Waals surface area contributed by atoms with Gasteiger partial charge in [-0.2, -0.15) is 0 Å². The van der Waals surface area contributed by atoms with Gasteiger partial charge in [0.15, 0.2) is 0 Å². The number of pyridine rings is 1. The lowest BCUT2D eigenvalue weighted by Crippen LogP contribution is -2.41. The van der Waals surface area contributed by atoms with Gasteiger partial charge < -0.3 is 15.0 Å². The molecule has 0 aliphatic heterocycles. The monoisotopic (exact) mass is 279 g/mol. The number of methoxy groups -OCH3 is 1. The second kappa shape index (κ2) is 7.47. The minimum atomic E-state index is -0.432. The van der Waals surface area contributed by atoms with Crippen LogP contribution in [-0.4, -0.2) is 48.0 Å². The Hall–Kier alpha value is -2.11. The third kappa shape index (κ3) is 3.94. The molecule has 1 unspecified atom stereocenters. The van der Waals surface area contributed by atoms with Crippen molar-refractivity contribution in [3.63, 3.8) is 0 Å². The van der Waals surface area contributed by atoms with Crippen LogP contribution in [0.4, 0.5) is 5.82 Å². The van der Waals surface area contributed by atoms with Crippen molar-refractivity contribution in [2.45, 2.75) is 26.8 Å². The fourth-order valence-electron chi connectivity index (χ4n) is 1.85. The average molecular weight is 279 g/mol. The van der Waals surface area contributed by atoms with Gasteiger partial charge in [-0.15, -0.1) is 0 Å². The number of aromatic nitrogens is 1. The van der Waals surface area contributed by atoms with Crippen molar-refractivity contribution in [2.75, 3.05) is 25.5 Å². The third-order valence-corrected chi connectivity index (χ3v) is 2.99. The molecule has 1 amide bonds. The number of carbonyl (C=O) groups excluding carboxylic acids is 2. The number of nitrogens with one attached hydrogen (secondary N) is 1. The molecule has 1 aromatic heterocycles. The highest BCUT2D eigenvalue weighted by Crippen LogP contribution is 2.10. The Balaban J connectivity index is 2.78. The summed E-state index contributed by atoms with van der Waals surface area (Å²) >= 11 is 0. The van der Waals surface area contributed by atoms with Gasteiger partial charge in [-0.25, -0.2) is 9.78 Å². The first-order chi connectivity index (χ1) is 9.53. The number of rotatable bonds is 6. The van der Waals surface area contributed by atoms with Gasteiger partial charge in [0.25, 0.3) is 0 Å². The minimum Gasteiger partial charge on any atom is -0.465 e. The van der Waals surface area contributed by atoms with E-state index in [0.29, 0.717) is 24.5 Å². The van der Waals surface area contributed by atoms with E-state index in [4.69, 9.17) is 0 Å². The molecule has 0 aliphatic rings. The number of ether oxygens (including phenoxy) is 1. The van der Waals surface area contributed by atoms with E-state index in [1.165, 1.54) is 13.3 Å². The van der Waals surface area contributed by atoms with Crippen molar-refractivity contribution in [3.05, 3.63) is 23.9 Å². The number of amides is 1. The van der Waals surface area contributed by atoms with Gasteiger partial charge in [-0.3, -0.25) is 4.79 Å². The summed E-state index contributed by atoms with van der Waals surface area (Å²) in [7, 11) is 1.32. The second-order valence-electron chi connectivity index (χ2n) is 4.30. The van der Waals surface area contributed by atoms with Crippen LogP contribution in [0.3, 0.4) is 0 Å². The van der Waals surface area contributed by atoms with E-state index in [2.05, 4.69) is 15.0 Å². The van der Waals surface area contributed by atoms with Gasteiger partial charge in [-0.1, -0.05) is 0 Å². The van der Waals surface area contributed by atoms with Crippen LogP contribution in [0, 0.1) is 0 Å². The smallest absolute Gasteiger partial charge is 0.338 e. The zero-order chi connectivity index (χ0) is 15.1. The lowest BCUT2D eigenvalue weighted by Gasteiger charge is -2.23. The second-order valence-corrected chi connectivity index (χ2v) is 4.30. The highest BCUT2D eigenvalue weighted by atomic mass is 16.5. The first-order valence-corrected chi connectivity index (χ1v) is 6.63. The van der Waals surface area contributed by atoms with Gasteiger partial charge in [0, 0.05) is 19.3 Å². The Morgan fingerprint density at radius 3 is 2.60 bits per heavy atom. The molecule has 0 aliphatic carbocycles. The number of likely N-dealkylation sites (N-methyl/N-ethyl adjacent to an activating group) is 1. The average Bonchev–Trinajstić information content (AvgIpc) is 2.47. The van der Waals surface area contributed by atoms with Crippen molar-refractivity contribution in [1.82, 2.24) is 9.88 Å². The topological polar surface area (TPSA) is 71.5 Å². The molecule has 1 atom stereocenters. The van der Waals surface area contributed by atoms with E-state index < -0.39 is 12.0 Å². The summed E-state index contributed by atoms with van der Waals surface area (Å²) in [5.41, 5.74) is 0.396. The van der Waals surface area contributed by atoms with Crippen LogP contribution in [0.1, 0.15) is 31.1 Å². The van der Waals surface area contributed by atoms with Crippen molar-refractivity contribution in [1.29, 1.82) is 0 Å². The summed E-state index contributed by atoms with van der Waals surface area (Å²) in [6.07, 6.45) is 1.50. The van der Waals surface area contributed by atoms with Gasteiger partial charge in [-0.05, 0) is 32.9 Å². The van der Waals surface area contributed by atoms with Crippen molar-refractivity contribution >= 4 is 17.7 Å². The summed E-state index contributed by atoms with van der Waals surface area (Å²) in [4.78, 5) is 29.4. The van der Waals surface area contributed by atoms with Crippen LogP contribution >= 0.6 is 0 Å². The lowest BCUT2D eigenvalue weighted by atomic mass is 10.2. The number of nitrogens with zero attached hydrogens (tertiary/aromatic N) is 2. The first kappa shape index (κ1) is 15.9. The molecule has 0 aromatic carbocycles. The summed E-state index contributed by atoms with van der Waals surface area (Å²) in [5, 5.41) is 3.00. The molecule has 0 fully saturated rings. The number of carbonyl (C=O) groups is 2. The molecule has 0 spiro atoms. The molecular formula is C14H21N3O3. The molecule has 110 valence electrons. The van der Waals surface area contributed by atoms with Gasteiger partial charge >= 0.3 is 5.97 Å². The van der Waals surface area contributed by atoms with Crippen LogP contribution in [0.5, 0.6) is 0 Å². The Bertz CT molecular complexity index is 472. The summed E-state index contributed by atoms with van der Waals surface area (Å²) in [6.45, 7) is 6.97. The molecule has 0 bridgehead atoms. The fourth-order valence-corrected chi connectivity index (χ4v) is 1.85. The molecular weight excluding hydrogens is 258 g/mol. The maximum absolute atomic E-state index is 12.1. The molecule has 0 saturated carbocycles. The Morgan fingerprint density at radius 1 is 1.40 bits per heavy atom. The van der Waals surface area contributed by atoms with Crippen LogP contribution in [0.15, 0.2) is 18.3 Å². The van der Waals surface area contributed by atoms with Crippen molar-refractivity contribution in [2.24, 2.45) is 0 Å². The van der Waals surface area contributed by atoms with Gasteiger partial charge in [0.05, 0.1) is 12.7 Å². The molecule has 1 heterocycles. The molecule has 20 heavy (non-hydrogen) atoms. The van der Waals surface area contributed by atoms with Crippen molar-refractivity contribution < 1.29 is 14.3 Å². The van der Waals surface area contributed by atoms with Gasteiger partial charge in [0.2, 0.25) is 5.91 Å². The SMILES string of the molecule is CCN(CC)C(=O)C(C)Nc1cc(C(=O)OC)ccn1. The highest BCUT2D eigenvalue weighted by molar-refractivity contribution is 5.90. The highest BCUT2D eigenvalue weighted by Gasteiger charge is 2.18. The Kier molecular flexibility index (Phi) is 5.96. The van der Waals surface area contributed by atoms with Crippen LogP contribution in [0.2, 0.25) is 0 Å². The molecule has 1 aromatic rings. The number of hydrogen-bond donors (Lipinski definition) is 1. The molecule has 6 nitrogen and oxygen atoms in total. The Labute approximate surface area is 119 Å². The molecule has 1 N–H and O–H groups in total. The number of esters is 1. The predicted molar refractivity (Wildman–Crippen MR) is 76.6 cm³/mol. The van der Waals surface area contributed by atoms with E-state index in [0.717, 1.165) is 0 Å². The maximum atomic E-state index is 12.1. The zero-order valence-electron chi connectivity index (χ0n) is 12.3. The fraction of sp³-hybridized carbons (Fsp3) is 0.500. The zero-order valence-corrected chi connectivity index (χ0v) is 12.3. The number of anilines is 1. The standard InChI is InChI=1S/C14H21N3O3/c1-5-17(6-2)13(18)10(3)16-12-9-11(7-8-15-12)14(19)20-4/h7-10H,5-6H2,1-4H3,(H,15,16). The van der Waals surface area contributed by atoms with Crippen LogP contribution in [-0.2, 0) is 9.53 Å². The normalized spacial score (nSPS) is 11.6.